The van der Waals surface area contributed by atoms with Gasteiger partial charge in [-0.3, -0.25) is 14.7 Å². The molecular weight excluding hydrogens is 360 g/mol. The normalized spacial score (nSPS) is 10.9. The lowest BCUT2D eigenvalue weighted by Gasteiger charge is -2.26. The summed E-state index contributed by atoms with van der Waals surface area (Å²) < 4.78 is 30.3. The van der Waals surface area contributed by atoms with Crippen LogP contribution in [0.25, 0.3) is 0 Å². The fraction of sp³-hybridized carbons (Fsp3) is 0.800. The Morgan fingerprint density at radius 3 is 1.19 bits per heavy atom. The van der Waals surface area contributed by atoms with Gasteiger partial charge in [-0.15, -0.1) is 0 Å². The Hall–Kier alpha value is -1.83. The molecule has 27 heavy (non-hydrogen) atoms. The van der Waals surface area contributed by atoms with Gasteiger partial charge in [0.25, 0.3) is 0 Å². The number of aliphatic hydroxyl groups is 2. The van der Waals surface area contributed by atoms with Crippen molar-refractivity contribution < 1.29 is 28.4 Å². The van der Waals surface area contributed by atoms with Crippen LogP contribution in [0.15, 0.2) is 0 Å². The van der Waals surface area contributed by atoms with E-state index in [2.05, 4.69) is 19.7 Å². The average Bonchev–Trinajstić information content (AvgIpc) is 2.67. The van der Waals surface area contributed by atoms with Crippen LogP contribution in [0.4, 0.5) is 17.8 Å². The fourth-order valence-electron chi connectivity index (χ4n) is 2.18. The number of nitrogens with zero attached hydrogens (tertiary/aromatic N) is 6. The molecule has 0 amide bonds. The number of hydrogen-bond acceptors (Lipinski definition) is 11. The minimum atomic E-state index is 0.244. The molecule has 1 aromatic heterocycles. The van der Waals surface area contributed by atoms with Crippen LogP contribution < -0.4 is 14.7 Å². The predicted octanol–water partition coefficient (Wildman–Crippen LogP) is -0.574. The molecule has 1 N–H and O–H groups in total. The van der Waals surface area contributed by atoms with Crippen LogP contribution in [0.1, 0.15) is 0 Å². The maximum absolute atomic E-state index is 5.24. The highest BCUT2D eigenvalue weighted by Gasteiger charge is 2.21. The van der Waals surface area contributed by atoms with Crippen molar-refractivity contribution in [1.82, 2.24) is 15.0 Å². The molecule has 0 spiro atoms. The summed E-state index contributed by atoms with van der Waals surface area (Å²) in [5, 5.41) is 0. The third-order valence-corrected chi connectivity index (χ3v) is 3.19. The Labute approximate surface area is 159 Å². The summed E-state index contributed by atoms with van der Waals surface area (Å²) in [6.45, 7) is 1.60. The predicted molar refractivity (Wildman–Crippen MR) is 99.7 cm³/mol. The lowest BCUT2D eigenvalue weighted by molar-refractivity contribution is 0.00380. The SMILES string of the molecule is COCN(COC)c1nc(N(COC)COC)nc(N(COC)C[OH+]C)n1. The van der Waals surface area contributed by atoms with Crippen molar-refractivity contribution in [2.45, 2.75) is 0 Å². The summed E-state index contributed by atoms with van der Waals surface area (Å²) in [5.41, 5.74) is 0. The zero-order valence-corrected chi connectivity index (χ0v) is 16.9. The molecule has 0 saturated heterocycles. The third-order valence-electron chi connectivity index (χ3n) is 3.19. The van der Waals surface area contributed by atoms with Gasteiger partial charge in [0, 0.05) is 35.5 Å². The molecule has 1 rings (SSSR count). The molecule has 0 bridgehead atoms. The minimum absolute atomic E-state index is 0.244. The summed E-state index contributed by atoms with van der Waals surface area (Å²) in [4.78, 5) is 18.8. The summed E-state index contributed by atoms with van der Waals surface area (Å²) in [6.07, 6.45) is 0. The van der Waals surface area contributed by atoms with Gasteiger partial charge in [0.1, 0.15) is 40.8 Å². The van der Waals surface area contributed by atoms with Crippen LogP contribution in [-0.4, -0.2) is 103 Å². The smallest absolute Gasteiger partial charge is 0.239 e. The Morgan fingerprint density at radius 1 is 0.593 bits per heavy atom. The van der Waals surface area contributed by atoms with E-state index >= 15 is 0 Å². The summed E-state index contributed by atoms with van der Waals surface area (Å²) in [7, 11) is 9.63. The lowest BCUT2D eigenvalue weighted by Crippen LogP contribution is -2.36. The van der Waals surface area contributed by atoms with Gasteiger partial charge in [0.15, 0.2) is 0 Å². The van der Waals surface area contributed by atoms with Gasteiger partial charge in [-0.25, -0.2) is 0 Å². The maximum atomic E-state index is 5.24. The van der Waals surface area contributed by atoms with Crippen LogP contribution in [-0.2, 0) is 23.7 Å². The number of hydrogen-bond donors (Lipinski definition) is 0. The van der Waals surface area contributed by atoms with Crippen molar-refractivity contribution in [2.75, 3.05) is 97.7 Å². The molecule has 0 aliphatic heterocycles. The van der Waals surface area contributed by atoms with Crippen molar-refractivity contribution in [2.24, 2.45) is 0 Å². The molecule has 0 atom stereocenters. The third kappa shape index (κ3) is 7.36. The van der Waals surface area contributed by atoms with Crippen LogP contribution in [0.5, 0.6) is 0 Å². The largest absolute Gasteiger partial charge is 0.419 e. The standard InChI is InChI=1S/C15H30N6O6/c1-22-7-19(8-23-2)13-16-14(20(9-24-3)10-25-4)18-15(17-13)21(11-26-5)12-27-6/h7-12H2,1-6H3/p+1. The number of aromatic nitrogens is 3. The monoisotopic (exact) mass is 391 g/mol. The molecule has 156 valence electrons. The Bertz CT molecular complexity index is 424. The quantitative estimate of drug-likeness (QED) is 0.283. The highest BCUT2D eigenvalue weighted by Crippen LogP contribution is 2.19. The second-order valence-electron chi connectivity index (χ2n) is 5.40. The molecule has 12 nitrogen and oxygen atoms in total. The minimum Gasteiger partial charge on any atom is -0.419 e. The van der Waals surface area contributed by atoms with Crippen LogP contribution >= 0.6 is 0 Å². The molecule has 0 saturated carbocycles. The number of ether oxygens (including phenoxy) is 6. The second-order valence-corrected chi connectivity index (χ2v) is 5.40. The van der Waals surface area contributed by atoms with E-state index < -0.39 is 0 Å². The second kappa shape index (κ2) is 13.4. The highest BCUT2D eigenvalue weighted by molar-refractivity contribution is 5.45. The van der Waals surface area contributed by atoms with E-state index in [1.54, 1.807) is 57.4 Å². The van der Waals surface area contributed by atoms with Crippen molar-refractivity contribution in [3.63, 3.8) is 0 Å². The molecule has 0 fully saturated rings. The van der Waals surface area contributed by atoms with E-state index in [0.29, 0.717) is 24.6 Å². The van der Waals surface area contributed by atoms with Crippen molar-refractivity contribution >= 4 is 17.8 Å². The van der Waals surface area contributed by atoms with E-state index in [9.17, 15) is 0 Å². The first kappa shape index (κ1) is 23.2. The molecule has 1 heterocycles. The van der Waals surface area contributed by atoms with Crippen LogP contribution in [0.3, 0.4) is 0 Å². The first-order valence-corrected chi connectivity index (χ1v) is 8.16. The van der Waals surface area contributed by atoms with E-state index in [-0.39, 0.29) is 33.7 Å². The topological polar surface area (TPSA) is 107 Å². The molecule has 1 aromatic rings. The number of rotatable bonds is 15. The maximum Gasteiger partial charge on any atom is 0.239 e. The van der Waals surface area contributed by atoms with Crippen LogP contribution in [0, 0.1) is 0 Å². The average molecular weight is 391 g/mol. The fourth-order valence-corrected chi connectivity index (χ4v) is 2.18. The van der Waals surface area contributed by atoms with E-state index in [1.807, 2.05) is 0 Å². The van der Waals surface area contributed by atoms with E-state index in [4.69, 9.17) is 23.7 Å². The van der Waals surface area contributed by atoms with Gasteiger partial charge < -0.3 is 28.4 Å². The van der Waals surface area contributed by atoms with Gasteiger partial charge in [-0.1, -0.05) is 0 Å². The van der Waals surface area contributed by atoms with E-state index in [0.717, 1.165) is 0 Å². The Morgan fingerprint density at radius 2 is 0.889 bits per heavy atom. The zero-order chi connectivity index (χ0) is 20.1. The highest BCUT2D eigenvalue weighted by atomic mass is 16.5. The van der Waals surface area contributed by atoms with Gasteiger partial charge >= 0.3 is 0 Å². The molecule has 0 aromatic carbocycles. The van der Waals surface area contributed by atoms with Gasteiger partial charge in [-0.2, -0.15) is 15.0 Å². The Balaban J connectivity index is 3.38. The van der Waals surface area contributed by atoms with Gasteiger partial charge in [0.2, 0.25) is 24.6 Å². The van der Waals surface area contributed by atoms with Gasteiger partial charge in [0.05, 0.1) is 0 Å². The summed E-state index contributed by atoms with van der Waals surface area (Å²) in [5.74, 6) is 1.16. The number of anilines is 3. The summed E-state index contributed by atoms with van der Waals surface area (Å²) >= 11 is 0. The van der Waals surface area contributed by atoms with E-state index in [1.165, 1.54) is 0 Å². The molecule has 12 heteroatoms. The lowest BCUT2D eigenvalue weighted by atomic mass is 10.6. The van der Waals surface area contributed by atoms with Crippen molar-refractivity contribution in [1.29, 1.82) is 0 Å². The molecular formula is C15H31N6O6+. The zero-order valence-electron chi connectivity index (χ0n) is 16.9. The van der Waals surface area contributed by atoms with Crippen molar-refractivity contribution in [3.8, 4) is 0 Å². The van der Waals surface area contributed by atoms with Crippen molar-refractivity contribution in [3.05, 3.63) is 0 Å². The summed E-state index contributed by atoms with van der Waals surface area (Å²) in [6, 6.07) is 0. The molecule has 0 aliphatic rings. The van der Waals surface area contributed by atoms with Gasteiger partial charge in [-0.05, 0) is 0 Å². The first-order valence-electron chi connectivity index (χ1n) is 8.16. The molecule has 0 aliphatic carbocycles. The Kier molecular flexibility index (Phi) is 11.5. The molecule has 0 unspecified atom stereocenters. The first-order chi connectivity index (χ1) is 13.1. The number of methoxy groups -OCH3 is 5. The van der Waals surface area contributed by atoms with Crippen LogP contribution in [0.2, 0.25) is 0 Å². The molecule has 0 radical (unpaired) electrons.